The molecule has 2 saturated heterocycles. The standard InChI is InChI=1S/C20H30N2O3/c1-15(2)21-20(23)17-12-19-18(8-10-25-19)22(13-17)9-11-24-14-16-6-4-3-5-7-16/h3-7,15,17-19H,8-14H2,1-2H3,(H,21,23)/t17-,18+,19+/m0/s1. The quantitative estimate of drug-likeness (QED) is 0.769. The molecule has 138 valence electrons. The van der Waals surface area contributed by atoms with Gasteiger partial charge in [0.15, 0.2) is 0 Å². The van der Waals surface area contributed by atoms with Crippen molar-refractivity contribution in [3.63, 3.8) is 0 Å². The van der Waals surface area contributed by atoms with Crippen molar-refractivity contribution in [2.24, 2.45) is 5.92 Å². The predicted molar refractivity (Wildman–Crippen MR) is 97.2 cm³/mol. The lowest BCUT2D eigenvalue weighted by atomic mass is 9.89. The maximum Gasteiger partial charge on any atom is 0.224 e. The molecule has 1 aromatic rings. The van der Waals surface area contributed by atoms with Gasteiger partial charge in [0.1, 0.15) is 0 Å². The van der Waals surface area contributed by atoms with E-state index in [2.05, 4.69) is 22.3 Å². The number of amides is 1. The van der Waals surface area contributed by atoms with Crippen LogP contribution in [0.2, 0.25) is 0 Å². The molecule has 0 unspecified atom stereocenters. The predicted octanol–water partition coefficient (Wildman–Crippen LogP) is 2.21. The van der Waals surface area contributed by atoms with Gasteiger partial charge in [-0.05, 0) is 32.3 Å². The van der Waals surface area contributed by atoms with Crippen LogP contribution in [0, 0.1) is 5.92 Å². The highest BCUT2D eigenvalue weighted by molar-refractivity contribution is 5.79. The SMILES string of the molecule is CC(C)NC(=O)[C@H]1C[C@H]2OCC[C@H]2N(CCOCc2ccccc2)C1. The van der Waals surface area contributed by atoms with E-state index in [1.807, 2.05) is 32.0 Å². The second-order valence-corrected chi connectivity index (χ2v) is 7.39. The Morgan fingerprint density at radius 3 is 2.92 bits per heavy atom. The van der Waals surface area contributed by atoms with Gasteiger partial charge >= 0.3 is 0 Å². The summed E-state index contributed by atoms with van der Waals surface area (Å²) in [5, 5.41) is 3.05. The van der Waals surface area contributed by atoms with E-state index in [0.717, 1.165) is 32.5 Å². The molecule has 3 rings (SSSR count). The van der Waals surface area contributed by atoms with Gasteiger partial charge in [0, 0.05) is 31.8 Å². The monoisotopic (exact) mass is 346 g/mol. The van der Waals surface area contributed by atoms with Crippen LogP contribution >= 0.6 is 0 Å². The van der Waals surface area contributed by atoms with E-state index < -0.39 is 0 Å². The molecular weight excluding hydrogens is 316 g/mol. The van der Waals surface area contributed by atoms with Crippen LogP contribution in [0.1, 0.15) is 32.3 Å². The van der Waals surface area contributed by atoms with E-state index in [1.165, 1.54) is 5.56 Å². The summed E-state index contributed by atoms with van der Waals surface area (Å²) in [7, 11) is 0. The van der Waals surface area contributed by atoms with Gasteiger partial charge in [0.2, 0.25) is 5.91 Å². The largest absolute Gasteiger partial charge is 0.377 e. The summed E-state index contributed by atoms with van der Waals surface area (Å²) in [4.78, 5) is 14.8. The fraction of sp³-hybridized carbons (Fsp3) is 0.650. The zero-order chi connectivity index (χ0) is 17.6. The zero-order valence-corrected chi connectivity index (χ0v) is 15.3. The van der Waals surface area contributed by atoms with Crippen molar-refractivity contribution in [2.75, 3.05) is 26.3 Å². The Labute approximate surface area is 150 Å². The second-order valence-electron chi connectivity index (χ2n) is 7.39. The first-order valence-corrected chi connectivity index (χ1v) is 9.41. The number of hydrogen-bond donors (Lipinski definition) is 1. The van der Waals surface area contributed by atoms with Crippen LogP contribution in [0.4, 0.5) is 0 Å². The molecule has 0 aliphatic carbocycles. The van der Waals surface area contributed by atoms with Crippen molar-refractivity contribution in [3.8, 4) is 0 Å². The van der Waals surface area contributed by atoms with Crippen LogP contribution in [0.5, 0.6) is 0 Å². The fourth-order valence-corrected chi connectivity index (χ4v) is 3.85. The van der Waals surface area contributed by atoms with E-state index in [-0.39, 0.29) is 24.0 Å². The fourth-order valence-electron chi connectivity index (χ4n) is 3.85. The first kappa shape index (κ1) is 18.4. The smallest absolute Gasteiger partial charge is 0.224 e. The number of likely N-dealkylation sites (tertiary alicyclic amines) is 1. The third-order valence-corrected chi connectivity index (χ3v) is 5.05. The van der Waals surface area contributed by atoms with Crippen molar-refractivity contribution in [3.05, 3.63) is 35.9 Å². The summed E-state index contributed by atoms with van der Waals surface area (Å²) in [6.07, 6.45) is 2.08. The molecule has 2 heterocycles. The van der Waals surface area contributed by atoms with Crippen molar-refractivity contribution >= 4 is 5.91 Å². The average Bonchev–Trinajstić information content (AvgIpc) is 3.07. The number of hydrogen-bond acceptors (Lipinski definition) is 4. The minimum absolute atomic E-state index is 0.0101. The third-order valence-electron chi connectivity index (χ3n) is 5.05. The summed E-state index contributed by atoms with van der Waals surface area (Å²) in [6, 6.07) is 10.8. The van der Waals surface area contributed by atoms with Crippen LogP contribution in [-0.4, -0.2) is 55.3 Å². The van der Waals surface area contributed by atoms with E-state index in [1.54, 1.807) is 0 Å². The lowest BCUT2D eigenvalue weighted by Gasteiger charge is -2.40. The first-order chi connectivity index (χ1) is 12.1. The minimum atomic E-state index is 0.0101. The minimum Gasteiger partial charge on any atom is -0.377 e. The Morgan fingerprint density at radius 1 is 1.36 bits per heavy atom. The zero-order valence-electron chi connectivity index (χ0n) is 15.3. The molecule has 3 atom stereocenters. The number of benzene rings is 1. The number of piperidine rings is 1. The number of carbonyl (C=O) groups is 1. The highest BCUT2D eigenvalue weighted by Gasteiger charge is 2.41. The molecule has 1 amide bonds. The van der Waals surface area contributed by atoms with Gasteiger partial charge in [-0.3, -0.25) is 9.69 Å². The Hall–Kier alpha value is -1.43. The first-order valence-electron chi connectivity index (χ1n) is 9.41. The van der Waals surface area contributed by atoms with Crippen molar-refractivity contribution < 1.29 is 14.3 Å². The van der Waals surface area contributed by atoms with Crippen LogP contribution in [-0.2, 0) is 20.9 Å². The number of nitrogens with one attached hydrogen (secondary N) is 1. The normalized spacial score (nSPS) is 26.6. The van der Waals surface area contributed by atoms with Crippen LogP contribution in [0.25, 0.3) is 0 Å². The Bertz CT molecular complexity index is 549. The molecule has 25 heavy (non-hydrogen) atoms. The lowest BCUT2D eigenvalue weighted by molar-refractivity contribution is -0.130. The number of rotatable bonds is 7. The molecular formula is C20H30N2O3. The summed E-state index contributed by atoms with van der Waals surface area (Å²) in [5.41, 5.74) is 1.19. The lowest BCUT2D eigenvalue weighted by Crippen LogP contribution is -2.54. The van der Waals surface area contributed by atoms with Crippen molar-refractivity contribution in [1.82, 2.24) is 10.2 Å². The molecule has 0 bridgehead atoms. The molecule has 0 saturated carbocycles. The van der Waals surface area contributed by atoms with Gasteiger partial charge < -0.3 is 14.8 Å². The molecule has 5 nitrogen and oxygen atoms in total. The Morgan fingerprint density at radius 2 is 2.16 bits per heavy atom. The molecule has 2 aliphatic rings. The van der Waals surface area contributed by atoms with Crippen LogP contribution in [0.15, 0.2) is 30.3 Å². The summed E-state index contributed by atoms with van der Waals surface area (Å²) in [6.45, 7) is 7.78. The third kappa shape index (κ3) is 5.03. The number of carbonyl (C=O) groups excluding carboxylic acids is 1. The summed E-state index contributed by atoms with van der Waals surface area (Å²) < 4.78 is 11.7. The van der Waals surface area contributed by atoms with Gasteiger partial charge in [-0.25, -0.2) is 0 Å². The molecule has 0 spiro atoms. The topological polar surface area (TPSA) is 50.8 Å². The average molecular weight is 346 g/mol. The van der Waals surface area contributed by atoms with E-state index in [4.69, 9.17) is 9.47 Å². The molecule has 2 fully saturated rings. The maximum absolute atomic E-state index is 12.4. The second kappa shape index (κ2) is 8.79. The highest BCUT2D eigenvalue weighted by Crippen LogP contribution is 2.31. The molecule has 0 radical (unpaired) electrons. The molecule has 2 aliphatic heterocycles. The number of ether oxygens (including phenoxy) is 2. The van der Waals surface area contributed by atoms with Crippen molar-refractivity contribution in [2.45, 2.75) is 51.5 Å². The van der Waals surface area contributed by atoms with E-state index in [9.17, 15) is 4.79 Å². The number of fused-ring (bicyclic) bond motifs is 1. The maximum atomic E-state index is 12.4. The Balaban J connectivity index is 1.50. The van der Waals surface area contributed by atoms with Gasteiger partial charge in [-0.15, -0.1) is 0 Å². The van der Waals surface area contributed by atoms with Crippen molar-refractivity contribution in [1.29, 1.82) is 0 Å². The van der Waals surface area contributed by atoms with E-state index in [0.29, 0.717) is 19.3 Å². The van der Waals surface area contributed by atoms with Gasteiger partial charge in [0.05, 0.1) is 25.2 Å². The van der Waals surface area contributed by atoms with Crippen LogP contribution in [0.3, 0.4) is 0 Å². The number of nitrogens with zero attached hydrogens (tertiary/aromatic N) is 1. The summed E-state index contributed by atoms with van der Waals surface area (Å²) >= 11 is 0. The molecule has 0 aromatic heterocycles. The van der Waals surface area contributed by atoms with Crippen LogP contribution < -0.4 is 5.32 Å². The van der Waals surface area contributed by atoms with E-state index >= 15 is 0 Å². The molecule has 1 aromatic carbocycles. The van der Waals surface area contributed by atoms with Gasteiger partial charge in [-0.1, -0.05) is 30.3 Å². The van der Waals surface area contributed by atoms with Gasteiger partial charge in [0.25, 0.3) is 0 Å². The summed E-state index contributed by atoms with van der Waals surface area (Å²) in [5.74, 6) is 0.162. The highest BCUT2D eigenvalue weighted by atomic mass is 16.5. The Kier molecular flexibility index (Phi) is 6.45. The van der Waals surface area contributed by atoms with Gasteiger partial charge in [-0.2, -0.15) is 0 Å². The molecule has 1 N–H and O–H groups in total. The molecule has 5 heteroatoms.